The highest BCUT2D eigenvalue weighted by Gasteiger charge is 2.08. The summed E-state index contributed by atoms with van der Waals surface area (Å²) in [4.78, 5) is 16.0. The van der Waals surface area contributed by atoms with E-state index in [1.165, 1.54) is 0 Å². The van der Waals surface area contributed by atoms with Gasteiger partial charge < -0.3 is 0 Å². The molecule has 0 unspecified atom stereocenters. The van der Waals surface area contributed by atoms with Gasteiger partial charge in [-0.05, 0) is 38.3 Å². The van der Waals surface area contributed by atoms with E-state index in [4.69, 9.17) is 0 Å². The second-order valence-corrected chi connectivity index (χ2v) is 3.95. The molecule has 0 bridgehead atoms. The number of ketones is 1. The lowest BCUT2D eigenvalue weighted by Crippen LogP contribution is -2.02. The van der Waals surface area contributed by atoms with Crippen LogP contribution in [0.4, 0.5) is 0 Å². The van der Waals surface area contributed by atoms with Crippen molar-refractivity contribution in [2.45, 2.75) is 39.0 Å². The van der Waals surface area contributed by atoms with Crippen molar-refractivity contribution in [2.24, 2.45) is 0 Å². The first kappa shape index (κ1) is 12.6. The molecular formula is C14H19NO. The summed E-state index contributed by atoms with van der Waals surface area (Å²) in [6.07, 6.45) is 8.49. The number of unbranched alkanes of at least 4 members (excludes halogenated alkanes) is 3. The zero-order valence-electron chi connectivity index (χ0n) is 9.91. The fourth-order valence-corrected chi connectivity index (χ4v) is 1.66. The van der Waals surface area contributed by atoms with Gasteiger partial charge >= 0.3 is 0 Å². The van der Waals surface area contributed by atoms with Crippen LogP contribution in [-0.4, -0.2) is 10.8 Å². The number of aryl methyl sites for hydroxylation is 1. The number of carbonyl (C=O) groups is 1. The molecule has 1 aromatic rings. The maximum Gasteiger partial charge on any atom is 0.164 e. The summed E-state index contributed by atoms with van der Waals surface area (Å²) in [7, 11) is 0. The Balaban J connectivity index is 2.36. The van der Waals surface area contributed by atoms with Crippen LogP contribution in [-0.2, 0) is 0 Å². The largest absolute Gasteiger partial charge is 0.294 e. The van der Waals surface area contributed by atoms with E-state index in [9.17, 15) is 4.79 Å². The van der Waals surface area contributed by atoms with Gasteiger partial charge in [-0.1, -0.05) is 12.5 Å². The van der Waals surface area contributed by atoms with Crippen LogP contribution >= 0.6 is 0 Å². The summed E-state index contributed by atoms with van der Waals surface area (Å²) in [5.74, 6) is 0.212. The third kappa shape index (κ3) is 3.97. The Bertz CT molecular complexity index is 358. The van der Waals surface area contributed by atoms with Crippen LogP contribution in [0.3, 0.4) is 0 Å². The highest BCUT2D eigenvalue weighted by molar-refractivity contribution is 5.96. The van der Waals surface area contributed by atoms with Gasteiger partial charge in [0.1, 0.15) is 0 Å². The lowest BCUT2D eigenvalue weighted by Gasteiger charge is -2.03. The van der Waals surface area contributed by atoms with Gasteiger partial charge in [0, 0.05) is 23.9 Å². The average Bonchev–Trinajstić information content (AvgIpc) is 2.29. The molecule has 0 saturated heterocycles. The summed E-state index contributed by atoms with van der Waals surface area (Å²) in [6.45, 7) is 5.56. The van der Waals surface area contributed by atoms with Gasteiger partial charge in [-0.2, -0.15) is 0 Å². The average molecular weight is 217 g/mol. The number of hydrogen-bond acceptors (Lipinski definition) is 2. The molecule has 0 aliphatic rings. The number of carbonyl (C=O) groups excluding carboxylic acids is 1. The zero-order valence-corrected chi connectivity index (χ0v) is 9.91. The van der Waals surface area contributed by atoms with Crippen molar-refractivity contribution in [2.75, 3.05) is 0 Å². The van der Waals surface area contributed by atoms with Crippen LogP contribution in [0.5, 0.6) is 0 Å². The summed E-state index contributed by atoms with van der Waals surface area (Å²) >= 11 is 0. The molecule has 16 heavy (non-hydrogen) atoms. The molecule has 2 heteroatoms. The Morgan fingerprint density at radius 3 is 2.94 bits per heavy atom. The van der Waals surface area contributed by atoms with Crippen LogP contribution in [0, 0.1) is 6.92 Å². The molecule has 0 fully saturated rings. The molecule has 0 aliphatic carbocycles. The molecule has 2 nitrogen and oxygen atoms in total. The molecule has 0 saturated carbocycles. The normalized spacial score (nSPS) is 10.1. The Kier molecular flexibility index (Phi) is 5.48. The highest BCUT2D eigenvalue weighted by atomic mass is 16.1. The van der Waals surface area contributed by atoms with Gasteiger partial charge in [0.2, 0.25) is 0 Å². The zero-order chi connectivity index (χ0) is 11.8. The minimum atomic E-state index is 0.212. The van der Waals surface area contributed by atoms with Crippen molar-refractivity contribution in [3.8, 4) is 0 Å². The van der Waals surface area contributed by atoms with Crippen LogP contribution < -0.4 is 0 Å². The second kappa shape index (κ2) is 6.94. The van der Waals surface area contributed by atoms with E-state index < -0.39 is 0 Å². The minimum absolute atomic E-state index is 0.212. The fourth-order valence-electron chi connectivity index (χ4n) is 1.66. The van der Waals surface area contributed by atoms with E-state index in [2.05, 4.69) is 11.6 Å². The number of rotatable bonds is 7. The van der Waals surface area contributed by atoms with E-state index >= 15 is 0 Å². The lowest BCUT2D eigenvalue weighted by molar-refractivity contribution is 0.0978. The van der Waals surface area contributed by atoms with Gasteiger partial charge in [0.15, 0.2) is 5.78 Å². The molecule has 0 amide bonds. The molecule has 0 aliphatic heterocycles. The first-order valence-electron chi connectivity index (χ1n) is 5.81. The Hall–Kier alpha value is -1.44. The van der Waals surface area contributed by atoms with Crippen LogP contribution in [0.25, 0.3) is 0 Å². The Labute approximate surface area is 97.4 Å². The standard InChI is InChI=1S/C14H19NO/c1-3-4-5-6-7-10-14(16)13-9-8-11-15-12(13)2/h3,8-9,11H,1,4-7,10H2,2H3. The summed E-state index contributed by atoms with van der Waals surface area (Å²) in [5, 5.41) is 0. The maximum atomic E-state index is 11.8. The van der Waals surface area contributed by atoms with Gasteiger partial charge in [-0.15, -0.1) is 6.58 Å². The number of pyridine rings is 1. The maximum absolute atomic E-state index is 11.8. The van der Waals surface area contributed by atoms with E-state index in [1.807, 2.05) is 25.1 Å². The molecule has 0 atom stereocenters. The second-order valence-electron chi connectivity index (χ2n) is 3.95. The fraction of sp³-hybridized carbons (Fsp3) is 0.429. The van der Waals surface area contributed by atoms with Crippen molar-refractivity contribution in [3.05, 3.63) is 42.2 Å². The SMILES string of the molecule is C=CCCCCCC(=O)c1cccnc1C. The smallest absolute Gasteiger partial charge is 0.164 e. The monoisotopic (exact) mass is 217 g/mol. The third-order valence-electron chi connectivity index (χ3n) is 2.62. The van der Waals surface area contributed by atoms with Crippen LogP contribution in [0.1, 0.15) is 48.2 Å². The van der Waals surface area contributed by atoms with Gasteiger partial charge in [0.05, 0.1) is 0 Å². The van der Waals surface area contributed by atoms with Gasteiger partial charge in [-0.3, -0.25) is 9.78 Å². The number of aromatic nitrogens is 1. The molecule has 0 aromatic carbocycles. The molecular weight excluding hydrogens is 198 g/mol. The van der Waals surface area contributed by atoms with E-state index in [1.54, 1.807) is 6.20 Å². The summed E-state index contributed by atoms with van der Waals surface area (Å²) < 4.78 is 0. The predicted molar refractivity (Wildman–Crippen MR) is 66.6 cm³/mol. The third-order valence-corrected chi connectivity index (χ3v) is 2.62. The van der Waals surface area contributed by atoms with Crippen molar-refractivity contribution in [1.29, 1.82) is 0 Å². The van der Waals surface area contributed by atoms with Crippen molar-refractivity contribution in [1.82, 2.24) is 4.98 Å². The topological polar surface area (TPSA) is 30.0 Å². The first-order valence-corrected chi connectivity index (χ1v) is 5.81. The molecule has 1 aromatic heterocycles. The molecule has 0 radical (unpaired) electrons. The number of nitrogens with zero attached hydrogens (tertiary/aromatic N) is 1. The molecule has 86 valence electrons. The Morgan fingerprint density at radius 1 is 1.44 bits per heavy atom. The van der Waals surface area contributed by atoms with E-state index in [-0.39, 0.29) is 5.78 Å². The number of allylic oxidation sites excluding steroid dienone is 1. The first-order chi connectivity index (χ1) is 7.75. The lowest BCUT2D eigenvalue weighted by atomic mass is 10.0. The van der Waals surface area contributed by atoms with Gasteiger partial charge in [-0.25, -0.2) is 0 Å². The van der Waals surface area contributed by atoms with Crippen molar-refractivity contribution in [3.63, 3.8) is 0 Å². The van der Waals surface area contributed by atoms with Gasteiger partial charge in [0.25, 0.3) is 0 Å². The number of hydrogen-bond donors (Lipinski definition) is 0. The van der Waals surface area contributed by atoms with Crippen LogP contribution in [0.15, 0.2) is 31.0 Å². The highest BCUT2D eigenvalue weighted by Crippen LogP contribution is 2.11. The Morgan fingerprint density at radius 2 is 2.25 bits per heavy atom. The molecule has 0 N–H and O–H groups in total. The molecule has 1 heterocycles. The summed E-state index contributed by atoms with van der Waals surface area (Å²) in [5.41, 5.74) is 1.60. The summed E-state index contributed by atoms with van der Waals surface area (Å²) in [6, 6.07) is 3.67. The predicted octanol–water partition coefficient (Wildman–Crippen LogP) is 3.71. The number of Topliss-reactive ketones (excluding diaryl/α,β-unsaturated/α-hetero) is 1. The minimum Gasteiger partial charge on any atom is -0.294 e. The van der Waals surface area contributed by atoms with E-state index in [0.717, 1.165) is 36.9 Å². The quantitative estimate of drug-likeness (QED) is 0.396. The van der Waals surface area contributed by atoms with Crippen molar-refractivity contribution >= 4 is 5.78 Å². The molecule has 0 spiro atoms. The van der Waals surface area contributed by atoms with E-state index in [0.29, 0.717) is 6.42 Å². The van der Waals surface area contributed by atoms with Crippen molar-refractivity contribution < 1.29 is 4.79 Å². The van der Waals surface area contributed by atoms with Crippen LogP contribution in [0.2, 0.25) is 0 Å². The molecule has 1 rings (SSSR count).